The summed E-state index contributed by atoms with van der Waals surface area (Å²) in [6, 6.07) is 13.2. The molecule has 0 aromatic heterocycles. The van der Waals surface area contributed by atoms with Crippen LogP contribution in [-0.4, -0.2) is 30.1 Å². The van der Waals surface area contributed by atoms with Crippen molar-refractivity contribution in [2.45, 2.75) is 19.4 Å². The summed E-state index contributed by atoms with van der Waals surface area (Å²) < 4.78 is 26.9. The first-order valence-electron chi connectivity index (χ1n) is 10.3. The van der Waals surface area contributed by atoms with Gasteiger partial charge in [0.2, 0.25) is 0 Å². The van der Waals surface area contributed by atoms with E-state index in [0.29, 0.717) is 29.8 Å². The van der Waals surface area contributed by atoms with Crippen LogP contribution in [0.5, 0.6) is 0 Å². The molecule has 2 N–H and O–H groups in total. The van der Waals surface area contributed by atoms with Crippen LogP contribution in [0.15, 0.2) is 64.9 Å². The van der Waals surface area contributed by atoms with Gasteiger partial charge in [-0.1, -0.05) is 22.9 Å². The lowest BCUT2D eigenvalue weighted by Gasteiger charge is -2.16. The summed E-state index contributed by atoms with van der Waals surface area (Å²) >= 11 is 6.40. The van der Waals surface area contributed by atoms with E-state index in [9.17, 15) is 13.6 Å². The second-order valence-electron chi connectivity index (χ2n) is 7.76. The molecule has 0 saturated heterocycles. The maximum atomic E-state index is 13.4. The van der Waals surface area contributed by atoms with E-state index in [4.69, 9.17) is 16.7 Å². The number of aliphatic hydroxyl groups is 1. The number of benzene rings is 3. The molecule has 4 rings (SSSR count). The summed E-state index contributed by atoms with van der Waals surface area (Å²) in [5.74, 6) is -1.66. The van der Waals surface area contributed by atoms with Gasteiger partial charge in [0.25, 0.3) is 0 Å². The number of hydrogen-bond acceptors (Lipinski definition) is 6. The largest absolute Gasteiger partial charge is 0.396 e. The van der Waals surface area contributed by atoms with E-state index in [1.165, 1.54) is 6.07 Å². The summed E-state index contributed by atoms with van der Waals surface area (Å²) in [7, 11) is 0. The van der Waals surface area contributed by atoms with Crippen LogP contribution in [0.25, 0.3) is 0 Å². The van der Waals surface area contributed by atoms with E-state index in [2.05, 4.69) is 15.7 Å². The quantitative estimate of drug-likeness (QED) is 0.425. The first kappa shape index (κ1) is 22.8. The molecule has 3 aromatic carbocycles. The third-order valence-corrected chi connectivity index (χ3v) is 5.61. The third kappa shape index (κ3) is 5.18. The number of hydrogen-bond donors (Lipinski definition) is 2. The van der Waals surface area contributed by atoms with E-state index in [-0.39, 0.29) is 29.1 Å². The number of carbonyl (C=O) groups excluding carboxylic acids is 1. The monoisotopic (exact) mass is 470 g/mol. The smallest absolute Gasteiger partial charge is 0.194 e. The molecule has 1 heterocycles. The molecule has 1 atom stereocenters. The fourth-order valence-electron chi connectivity index (χ4n) is 3.59. The molecule has 0 spiro atoms. The predicted molar refractivity (Wildman–Crippen MR) is 123 cm³/mol. The van der Waals surface area contributed by atoms with Crippen molar-refractivity contribution in [2.24, 2.45) is 10.3 Å². The molecule has 170 valence electrons. The van der Waals surface area contributed by atoms with Crippen molar-refractivity contribution in [3.8, 4) is 0 Å². The van der Waals surface area contributed by atoms with Crippen LogP contribution in [0.3, 0.4) is 0 Å². The number of rotatable bonds is 7. The van der Waals surface area contributed by atoms with Crippen molar-refractivity contribution < 1.29 is 18.7 Å². The van der Waals surface area contributed by atoms with Crippen molar-refractivity contribution in [1.29, 1.82) is 0 Å². The highest BCUT2D eigenvalue weighted by molar-refractivity contribution is 6.35. The van der Waals surface area contributed by atoms with Crippen LogP contribution in [-0.2, 0) is 0 Å². The van der Waals surface area contributed by atoms with E-state index in [0.717, 1.165) is 29.4 Å². The number of anilines is 3. The molecular weight excluding hydrogens is 450 g/mol. The Kier molecular flexibility index (Phi) is 6.67. The lowest BCUT2D eigenvalue weighted by Crippen LogP contribution is -2.21. The van der Waals surface area contributed by atoms with Gasteiger partial charge in [-0.15, -0.1) is 0 Å². The summed E-state index contributed by atoms with van der Waals surface area (Å²) in [5.41, 5.74) is 2.98. The molecule has 0 radical (unpaired) electrons. The van der Waals surface area contributed by atoms with E-state index < -0.39 is 11.6 Å². The van der Waals surface area contributed by atoms with Gasteiger partial charge in [0, 0.05) is 35.2 Å². The van der Waals surface area contributed by atoms with Crippen LogP contribution in [0, 0.1) is 18.6 Å². The van der Waals surface area contributed by atoms with Crippen LogP contribution >= 0.6 is 11.6 Å². The molecule has 1 aliphatic heterocycles. The van der Waals surface area contributed by atoms with Gasteiger partial charge in [0.15, 0.2) is 5.78 Å². The number of aliphatic hydroxyl groups excluding tert-OH is 1. The molecule has 1 aliphatic rings. The van der Waals surface area contributed by atoms with Crippen molar-refractivity contribution in [3.63, 3.8) is 0 Å². The Hall–Kier alpha value is -3.36. The maximum absolute atomic E-state index is 13.4. The molecule has 1 unspecified atom stereocenters. The zero-order valence-corrected chi connectivity index (χ0v) is 18.5. The lowest BCUT2D eigenvalue weighted by molar-refractivity contribution is 0.103. The summed E-state index contributed by atoms with van der Waals surface area (Å²) in [5, 5.41) is 22.2. The topological polar surface area (TPSA) is 77.3 Å². The second kappa shape index (κ2) is 9.64. The molecule has 0 fully saturated rings. The lowest BCUT2D eigenvalue weighted by atomic mass is 9.98. The van der Waals surface area contributed by atoms with Gasteiger partial charge in [-0.3, -0.25) is 4.79 Å². The molecule has 6 nitrogen and oxygen atoms in total. The fourth-order valence-corrected chi connectivity index (χ4v) is 3.86. The zero-order chi connectivity index (χ0) is 23.5. The van der Waals surface area contributed by atoms with E-state index in [1.807, 2.05) is 19.1 Å². The molecule has 0 saturated carbocycles. The Labute approximate surface area is 194 Å². The van der Waals surface area contributed by atoms with Gasteiger partial charge in [0.05, 0.1) is 23.3 Å². The Balaban J connectivity index is 1.56. The molecule has 33 heavy (non-hydrogen) atoms. The Morgan fingerprint density at radius 1 is 1.09 bits per heavy atom. The Bertz CT molecular complexity index is 1210. The number of carbonyl (C=O) groups is 1. The van der Waals surface area contributed by atoms with Crippen molar-refractivity contribution >= 4 is 34.4 Å². The number of nitrogens with one attached hydrogen (secondary N) is 1. The SMILES string of the molecule is Cc1ccc(N2CC(CCO)N=N2)cc1C(=O)c1ccc(Nc2cc(F)cc(F)c2)cc1Cl. The highest BCUT2D eigenvalue weighted by Gasteiger charge is 2.22. The number of nitrogens with zero attached hydrogens (tertiary/aromatic N) is 3. The summed E-state index contributed by atoms with van der Waals surface area (Å²) in [6.45, 7) is 2.39. The van der Waals surface area contributed by atoms with Gasteiger partial charge in [-0.25, -0.2) is 13.8 Å². The molecule has 3 aromatic rings. The standard InChI is InChI=1S/C24H21ClF2N4O2/c1-14-2-4-20(31-13-18(6-7-32)29-30-31)12-22(14)24(33)21-5-3-17(11-23(21)25)28-19-9-15(26)8-16(27)10-19/h2-5,8-12,18,28,32H,6-7,13H2,1H3. The van der Waals surface area contributed by atoms with Crippen LogP contribution < -0.4 is 10.3 Å². The maximum Gasteiger partial charge on any atom is 0.194 e. The second-order valence-corrected chi connectivity index (χ2v) is 8.17. The molecular formula is C24H21ClF2N4O2. The first-order chi connectivity index (χ1) is 15.8. The summed E-state index contributed by atoms with van der Waals surface area (Å²) in [6.07, 6.45) is 0.524. The number of ketones is 1. The van der Waals surface area contributed by atoms with Gasteiger partial charge in [-0.2, -0.15) is 5.11 Å². The van der Waals surface area contributed by atoms with Crippen molar-refractivity contribution in [1.82, 2.24) is 0 Å². The highest BCUT2D eigenvalue weighted by atomic mass is 35.5. The highest BCUT2D eigenvalue weighted by Crippen LogP contribution is 2.30. The minimum Gasteiger partial charge on any atom is -0.396 e. The van der Waals surface area contributed by atoms with E-state index >= 15 is 0 Å². The van der Waals surface area contributed by atoms with Crippen molar-refractivity contribution in [3.05, 3.63) is 87.9 Å². The minimum absolute atomic E-state index is 0.0344. The zero-order valence-electron chi connectivity index (χ0n) is 17.7. The van der Waals surface area contributed by atoms with Gasteiger partial charge in [-0.05, 0) is 61.4 Å². The van der Waals surface area contributed by atoms with Crippen LogP contribution in [0.4, 0.5) is 25.8 Å². The molecule has 0 amide bonds. The predicted octanol–water partition coefficient (Wildman–Crippen LogP) is 5.84. The first-order valence-corrected chi connectivity index (χ1v) is 10.7. The van der Waals surface area contributed by atoms with Gasteiger partial charge in [0.1, 0.15) is 11.6 Å². The average molecular weight is 471 g/mol. The average Bonchev–Trinajstić information content (AvgIpc) is 3.22. The Morgan fingerprint density at radius 3 is 2.55 bits per heavy atom. The molecule has 0 bridgehead atoms. The van der Waals surface area contributed by atoms with Crippen molar-refractivity contribution in [2.75, 3.05) is 23.5 Å². The fraction of sp³-hybridized carbons (Fsp3) is 0.208. The van der Waals surface area contributed by atoms with Crippen LogP contribution in [0.2, 0.25) is 5.02 Å². The number of aryl methyl sites for hydroxylation is 1. The Morgan fingerprint density at radius 2 is 1.85 bits per heavy atom. The van der Waals surface area contributed by atoms with E-state index in [1.54, 1.807) is 23.2 Å². The molecule has 9 heteroatoms. The molecule has 0 aliphatic carbocycles. The van der Waals surface area contributed by atoms with Crippen LogP contribution in [0.1, 0.15) is 27.9 Å². The normalized spacial score (nSPS) is 15.2. The minimum atomic E-state index is -0.703. The van der Waals surface area contributed by atoms with Gasteiger partial charge >= 0.3 is 0 Å². The number of halogens is 3. The van der Waals surface area contributed by atoms with Gasteiger partial charge < -0.3 is 10.4 Å². The summed E-state index contributed by atoms with van der Waals surface area (Å²) in [4.78, 5) is 13.3. The third-order valence-electron chi connectivity index (χ3n) is 5.30.